The van der Waals surface area contributed by atoms with Crippen molar-refractivity contribution in [2.24, 2.45) is 39.7 Å². The Labute approximate surface area is 487 Å². The number of primary amides is 4. The van der Waals surface area contributed by atoms with Gasteiger partial charge in [-0.3, -0.25) is 43.2 Å². The molecule has 13 N–H and O–H groups in total. The van der Waals surface area contributed by atoms with Gasteiger partial charge in [0.15, 0.2) is 0 Å². The number of ether oxygens (including phenoxy) is 6. The zero-order valence-corrected chi connectivity index (χ0v) is 48.4. The fourth-order valence-electron chi connectivity index (χ4n) is 6.44. The van der Waals surface area contributed by atoms with Gasteiger partial charge in [-0.1, -0.05) is 102 Å². The van der Waals surface area contributed by atoms with Crippen LogP contribution in [-0.4, -0.2) is 148 Å². The molecule has 29 heteroatoms. The molecule has 0 aromatic heterocycles. The molecular weight excluding hydrogens is 1090 g/mol. The molecule has 0 aliphatic heterocycles. The number of amides is 8. The van der Waals surface area contributed by atoms with Crippen molar-refractivity contribution in [3.63, 3.8) is 0 Å². The molecule has 0 saturated heterocycles. The number of rotatable bonds is 32. The second kappa shape index (κ2) is 43.4. The van der Waals surface area contributed by atoms with E-state index in [0.717, 1.165) is 17.2 Å². The van der Waals surface area contributed by atoms with Gasteiger partial charge in [0.25, 0.3) is 0 Å². The summed E-state index contributed by atoms with van der Waals surface area (Å²) in [5.41, 5.74) is 20.4. The number of nitrogens with two attached hydrogens (primary N) is 4. The molecule has 0 saturated carbocycles. The Bertz CT molecular complexity index is 2420. The van der Waals surface area contributed by atoms with Crippen LogP contribution >= 0.6 is 0 Å². The van der Waals surface area contributed by atoms with Gasteiger partial charge in [-0.15, -0.1) is 0 Å². The van der Waals surface area contributed by atoms with Crippen molar-refractivity contribution < 1.29 is 86.0 Å². The first kappa shape index (κ1) is 77.8. The van der Waals surface area contributed by atoms with Crippen molar-refractivity contribution >= 4 is 96.0 Å². The van der Waals surface area contributed by atoms with Crippen LogP contribution in [0.2, 0.25) is 0 Å². The summed E-state index contributed by atoms with van der Waals surface area (Å²) in [6.07, 6.45) is -0.445. The Morgan fingerprint density at radius 2 is 1.00 bits per heavy atom. The zero-order chi connectivity index (χ0) is 62.1. The second-order valence-electron chi connectivity index (χ2n) is 18.1. The van der Waals surface area contributed by atoms with Crippen molar-refractivity contribution in [1.82, 2.24) is 21.3 Å². The molecule has 2 aromatic rings. The predicted octanol–water partition coefficient (Wildman–Crippen LogP) is 1.22. The summed E-state index contributed by atoms with van der Waals surface area (Å²) < 4.78 is 35.8. The maximum atomic E-state index is 12.9. The van der Waals surface area contributed by atoms with Gasteiger partial charge in [-0.05, 0) is 62.1 Å². The minimum atomic E-state index is -1.19. The van der Waals surface area contributed by atoms with E-state index >= 15 is 0 Å². The Morgan fingerprint density at radius 3 is 1.33 bits per heavy atom. The Hall–Kier alpha value is -8.44. The molecule has 2 rings (SSSR count). The molecule has 0 aliphatic carbocycles. The molecule has 27 nitrogen and oxygen atoms in total. The normalized spacial score (nSPS) is 11.8. The van der Waals surface area contributed by atoms with Crippen LogP contribution in [0.5, 0.6) is 0 Å². The Balaban J connectivity index is -0.00000139. The third-order valence-corrected chi connectivity index (χ3v) is 11.5. The molecule has 4 atom stereocenters. The molecule has 0 bridgehead atoms. The molecule has 448 valence electrons. The van der Waals surface area contributed by atoms with Gasteiger partial charge in [0.05, 0.1) is 5.41 Å². The molecular formula is C53H77AlBN9O18. The van der Waals surface area contributed by atoms with Crippen LogP contribution in [0.1, 0.15) is 91.2 Å². The first-order chi connectivity index (χ1) is 38.1. The van der Waals surface area contributed by atoms with E-state index in [1.54, 1.807) is 78.5 Å². The summed E-state index contributed by atoms with van der Waals surface area (Å²) in [5.74, 6) is -6.89. The van der Waals surface area contributed by atoms with Gasteiger partial charge in [0.2, 0.25) is 35.4 Å². The van der Waals surface area contributed by atoms with Crippen LogP contribution in [0.3, 0.4) is 0 Å². The van der Waals surface area contributed by atoms with E-state index in [0.29, 0.717) is 12.8 Å². The maximum absolute atomic E-state index is 12.9. The molecule has 0 spiro atoms. The van der Waals surface area contributed by atoms with Gasteiger partial charge < -0.3 is 72.6 Å². The van der Waals surface area contributed by atoms with Crippen LogP contribution in [-0.2, 0) is 89.6 Å². The average molecular weight is 1170 g/mol. The van der Waals surface area contributed by atoms with Crippen molar-refractivity contribution in [2.45, 2.75) is 105 Å². The molecule has 2 unspecified atom stereocenters. The summed E-state index contributed by atoms with van der Waals surface area (Å²) in [5, 5.41) is 9.34. The number of carbonyl (C=O) groups is 12. The number of esters is 4. The van der Waals surface area contributed by atoms with Crippen molar-refractivity contribution in [2.75, 3.05) is 39.5 Å². The van der Waals surface area contributed by atoms with Gasteiger partial charge in [-0.25, -0.2) is 14.4 Å². The van der Waals surface area contributed by atoms with Crippen LogP contribution in [0, 0.1) is 21.1 Å². The van der Waals surface area contributed by atoms with Crippen molar-refractivity contribution in [3.8, 4) is 0 Å². The summed E-state index contributed by atoms with van der Waals surface area (Å²) >= 11 is 1.67. The van der Waals surface area contributed by atoms with Gasteiger partial charge >= 0.3 is 56.5 Å². The third-order valence-electron chi connectivity index (χ3n) is 11.5. The second-order valence-corrected chi connectivity index (χ2v) is 18.1. The summed E-state index contributed by atoms with van der Waals surface area (Å²) in [6.45, 7) is 15.1. The van der Waals surface area contributed by atoms with E-state index in [9.17, 15) is 57.5 Å². The fourth-order valence-corrected chi connectivity index (χ4v) is 6.44. The van der Waals surface area contributed by atoms with Crippen LogP contribution in [0.25, 0.3) is 0 Å². The van der Waals surface area contributed by atoms with Crippen molar-refractivity contribution in [3.05, 3.63) is 96.6 Å². The summed E-state index contributed by atoms with van der Waals surface area (Å²) in [7, 11) is 0. The van der Waals surface area contributed by atoms with E-state index in [2.05, 4.69) is 40.2 Å². The number of alkyl carbamates (subject to hydrolysis) is 2. The Kier molecular flexibility index (Phi) is 41.1. The van der Waals surface area contributed by atoms with E-state index in [1.165, 1.54) is 6.92 Å². The van der Waals surface area contributed by atoms with E-state index < -0.39 is 113 Å². The van der Waals surface area contributed by atoms with Gasteiger partial charge in [-0.2, -0.15) is 0 Å². The number of nitrogens with one attached hydrogen (secondary N) is 5. The molecule has 2 aromatic carbocycles. The predicted molar refractivity (Wildman–Crippen MR) is 297 cm³/mol. The van der Waals surface area contributed by atoms with Gasteiger partial charge in [0.1, 0.15) is 64.8 Å². The number of benzene rings is 2. The topological polar surface area (TPSA) is 436 Å². The molecule has 0 fully saturated rings. The number of carbonyl (C=O) groups excluding carboxylic acids is 12. The quantitative estimate of drug-likeness (QED) is 0.0163. The Morgan fingerprint density at radius 1 is 0.634 bits per heavy atom. The minimum absolute atomic E-state index is 0. The van der Waals surface area contributed by atoms with Crippen LogP contribution < -0.4 is 44.2 Å². The molecule has 0 aliphatic rings. The van der Waals surface area contributed by atoms with Crippen molar-refractivity contribution in [1.29, 1.82) is 4.35 Å². The van der Waals surface area contributed by atoms with Gasteiger partial charge in [0, 0.05) is 32.7 Å². The molecule has 82 heavy (non-hydrogen) atoms. The number of hydrogen-bond donors (Lipinski definition) is 9. The first-order valence-electron chi connectivity index (χ1n) is 25.0. The third kappa shape index (κ3) is 35.2. The molecule has 4 radical (unpaired) electrons. The van der Waals surface area contributed by atoms with Crippen LogP contribution in [0.4, 0.5) is 9.59 Å². The summed E-state index contributed by atoms with van der Waals surface area (Å²) in [4.78, 5) is 140. The van der Waals surface area contributed by atoms with E-state index in [4.69, 9.17) is 50.0 Å². The fraction of sp³-hybridized carbons (Fsp3) is 0.472. The van der Waals surface area contributed by atoms with E-state index in [-0.39, 0.29) is 79.3 Å². The van der Waals surface area contributed by atoms with E-state index in [1.807, 2.05) is 32.9 Å². The SMILES string of the molecule is C=C(C)C(=O)OCCOC(=O)CNC(=O)[C@H](CCC(N)=O)NC(=O)OCc1ccccc1.C=CC(N)=O.CCC(C)(C(=O)OCCOC(=O)CNC(=O)[C@H](CCC(N)=O)NC(=O)OCc1ccccc1)C(C)(C)CC(C)C(N)=O.[B].[NH]=[Al]. The summed E-state index contributed by atoms with van der Waals surface area (Å²) in [6, 6.07) is 15.4. The number of hydrogen-bond acceptors (Lipinski definition) is 19. The first-order valence-corrected chi connectivity index (χ1v) is 25.5. The molecule has 0 heterocycles. The zero-order valence-electron chi connectivity index (χ0n) is 47.2. The monoisotopic (exact) mass is 1170 g/mol. The van der Waals surface area contributed by atoms with Crippen LogP contribution in [0.15, 0.2) is 85.5 Å². The average Bonchev–Trinajstić information content (AvgIpc) is 3.51. The molecule has 8 amide bonds. The standard InChI is InChI=1S/C29H44N4O9.C21H27N3O8.C3H5NO.Al.B.HN/c1-6-29(5,28(3,4)16-19(2)24(31)36)26(38)41-15-14-40-23(35)17-32-25(37)21(12-13-22(30)34)33-27(39)42-18-20-10-8-7-9-11-20;1-14(2)20(28)31-11-10-30-18(26)12-23-19(27)16(8-9-17(22)25)24-21(29)32-13-15-6-4-3-5-7-15;1-2-3(4)5;;;/h7-11,19,21H,6,12-18H2,1-5H3,(H2,30,34)(H2,31,36)(H,32,37)(H,33,39);3-7,16H,1,8-13H2,2H3,(H2,22,25)(H,23,27)(H,24,29);2H,1H2,(H2,4,5);;;1H/t19?,21-,29?;16-;;;;/m00..../s1.